The standard InChI is InChI=1S/C10H10BrN2/c11-9-6-12-5-8-3-1-2-4-10(8)13(12)7-9/h1-5,9H,6-7H2/q+1. The maximum atomic E-state index is 3.64. The van der Waals surface area contributed by atoms with Crippen molar-refractivity contribution in [2.45, 2.75) is 17.9 Å². The molecule has 0 spiro atoms. The van der Waals surface area contributed by atoms with E-state index < -0.39 is 0 Å². The second-order valence-electron chi connectivity index (χ2n) is 3.49. The lowest BCUT2D eigenvalue weighted by molar-refractivity contribution is -0.754. The van der Waals surface area contributed by atoms with E-state index in [1.807, 2.05) is 0 Å². The molecule has 2 nitrogen and oxygen atoms in total. The molecular formula is C10H10BrN2+. The van der Waals surface area contributed by atoms with Gasteiger partial charge in [-0.05, 0) is 12.1 Å². The fourth-order valence-electron chi connectivity index (χ4n) is 2.00. The van der Waals surface area contributed by atoms with Crippen LogP contribution in [0.15, 0.2) is 30.5 Å². The third-order valence-corrected chi connectivity index (χ3v) is 3.15. The predicted molar refractivity (Wildman–Crippen MR) is 54.8 cm³/mol. The van der Waals surface area contributed by atoms with Gasteiger partial charge in [-0.15, -0.1) is 4.68 Å². The van der Waals surface area contributed by atoms with Gasteiger partial charge < -0.3 is 0 Å². The van der Waals surface area contributed by atoms with Gasteiger partial charge in [0.05, 0.1) is 16.8 Å². The lowest BCUT2D eigenvalue weighted by Crippen LogP contribution is -2.36. The molecule has 0 radical (unpaired) electrons. The van der Waals surface area contributed by atoms with E-state index in [9.17, 15) is 0 Å². The molecular weight excluding hydrogens is 228 g/mol. The molecule has 2 aromatic rings. The fourth-order valence-corrected chi connectivity index (χ4v) is 2.57. The molecule has 0 N–H and O–H groups in total. The lowest BCUT2D eigenvalue weighted by Gasteiger charge is -1.92. The molecule has 66 valence electrons. The molecule has 1 unspecified atom stereocenters. The number of benzene rings is 1. The number of para-hydroxylation sites is 1. The number of aromatic nitrogens is 2. The molecule has 3 heteroatoms. The van der Waals surface area contributed by atoms with E-state index in [-0.39, 0.29) is 0 Å². The molecule has 13 heavy (non-hydrogen) atoms. The highest BCUT2D eigenvalue weighted by Gasteiger charge is 2.27. The van der Waals surface area contributed by atoms with Crippen LogP contribution in [0.3, 0.4) is 0 Å². The second-order valence-corrected chi connectivity index (χ2v) is 4.78. The number of halogens is 1. The molecule has 1 atom stereocenters. The van der Waals surface area contributed by atoms with E-state index >= 15 is 0 Å². The Bertz CT molecular complexity index is 461. The molecule has 2 heterocycles. The van der Waals surface area contributed by atoms with E-state index in [4.69, 9.17) is 0 Å². The minimum Gasteiger partial charge on any atom is -0.152 e. The second kappa shape index (κ2) is 2.58. The first-order valence-electron chi connectivity index (χ1n) is 4.47. The zero-order valence-corrected chi connectivity index (χ0v) is 8.74. The van der Waals surface area contributed by atoms with Crippen LogP contribution in [0.1, 0.15) is 0 Å². The first-order chi connectivity index (χ1) is 6.34. The molecule has 1 aliphatic rings. The summed E-state index contributed by atoms with van der Waals surface area (Å²) in [7, 11) is 0. The van der Waals surface area contributed by atoms with Crippen molar-refractivity contribution in [1.29, 1.82) is 0 Å². The molecule has 1 aromatic heterocycles. The smallest absolute Gasteiger partial charge is 0.152 e. The zero-order valence-electron chi connectivity index (χ0n) is 7.15. The number of rotatable bonds is 0. The van der Waals surface area contributed by atoms with E-state index in [2.05, 4.69) is 55.8 Å². The van der Waals surface area contributed by atoms with Gasteiger partial charge >= 0.3 is 0 Å². The summed E-state index contributed by atoms with van der Waals surface area (Å²) in [6, 6.07) is 8.52. The summed E-state index contributed by atoms with van der Waals surface area (Å²) in [5.41, 5.74) is 1.34. The fraction of sp³-hybridized carbons (Fsp3) is 0.300. The van der Waals surface area contributed by atoms with Crippen LogP contribution in [0.4, 0.5) is 0 Å². The first kappa shape index (κ1) is 7.56. The van der Waals surface area contributed by atoms with E-state index in [1.54, 1.807) is 0 Å². The largest absolute Gasteiger partial charge is 0.203 e. The third-order valence-electron chi connectivity index (χ3n) is 2.57. The van der Waals surface area contributed by atoms with Crippen molar-refractivity contribution < 1.29 is 4.68 Å². The van der Waals surface area contributed by atoms with Crippen molar-refractivity contribution in [3.8, 4) is 0 Å². The van der Waals surface area contributed by atoms with Crippen molar-refractivity contribution in [2.24, 2.45) is 0 Å². The summed E-state index contributed by atoms with van der Waals surface area (Å²) in [5.74, 6) is 0. The van der Waals surface area contributed by atoms with Crippen molar-refractivity contribution >= 4 is 26.8 Å². The Hall–Kier alpha value is -0.830. The Morgan fingerprint density at radius 3 is 3.15 bits per heavy atom. The summed E-state index contributed by atoms with van der Waals surface area (Å²) >= 11 is 3.64. The van der Waals surface area contributed by atoms with Gasteiger partial charge in [-0.3, -0.25) is 0 Å². The molecule has 0 aliphatic carbocycles. The Labute approximate surface area is 84.9 Å². The average molecular weight is 238 g/mol. The highest BCUT2D eigenvalue weighted by atomic mass is 79.9. The molecule has 1 aromatic carbocycles. The van der Waals surface area contributed by atoms with Crippen LogP contribution in [0.2, 0.25) is 0 Å². The Morgan fingerprint density at radius 1 is 1.38 bits per heavy atom. The van der Waals surface area contributed by atoms with Gasteiger partial charge in [0.2, 0.25) is 6.20 Å². The molecule has 0 saturated heterocycles. The molecule has 0 amide bonds. The molecule has 3 rings (SSSR count). The van der Waals surface area contributed by atoms with Crippen LogP contribution < -0.4 is 4.68 Å². The maximum Gasteiger partial charge on any atom is 0.203 e. The highest BCUT2D eigenvalue weighted by molar-refractivity contribution is 9.09. The Balaban J connectivity index is 2.31. The Kier molecular flexibility index (Phi) is 1.50. The van der Waals surface area contributed by atoms with Crippen LogP contribution in [0, 0.1) is 0 Å². The van der Waals surface area contributed by atoms with E-state index in [0.29, 0.717) is 4.83 Å². The van der Waals surface area contributed by atoms with E-state index in [1.165, 1.54) is 10.9 Å². The monoisotopic (exact) mass is 237 g/mol. The first-order valence-corrected chi connectivity index (χ1v) is 5.38. The maximum absolute atomic E-state index is 3.64. The van der Waals surface area contributed by atoms with Crippen LogP contribution in [0.5, 0.6) is 0 Å². The topological polar surface area (TPSA) is 8.81 Å². The molecule has 0 fully saturated rings. The van der Waals surface area contributed by atoms with Gasteiger partial charge in [-0.1, -0.05) is 28.1 Å². The lowest BCUT2D eigenvalue weighted by atomic mass is 10.2. The normalized spacial score (nSPS) is 20.8. The van der Waals surface area contributed by atoms with Crippen molar-refractivity contribution in [2.75, 3.05) is 0 Å². The van der Waals surface area contributed by atoms with Crippen LogP contribution in [-0.4, -0.2) is 9.51 Å². The van der Waals surface area contributed by atoms with Crippen molar-refractivity contribution in [3.63, 3.8) is 0 Å². The van der Waals surface area contributed by atoms with Gasteiger partial charge in [0, 0.05) is 0 Å². The minimum atomic E-state index is 0.595. The highest BCUT2D eigenvalue weighted by Crippen LogP contribution is 2.17. The van der Waals surface area contributed by atoms with Crippen LogP contribution >= 0.6 is 15.9 Å². The van der Waals surface area contributed by atoms with Crippen LogP contribution in [-0.2, 0) is 13.1 Å². The summed E-state index contributed by atoms with van der Waals surface area (Å²) in [6.07, 6.45) is 2.22. The summed E-state index contributed by atoms with van der Waals surface area (Å²) in [6.45, 7) is 2.15. The van der Waals surface area contributed by atoms with Crippen molar-refractivity contribution in [3.05, 3.63) is 30.5 Å². The summed E-state index contributed by atoms with van der Waals surface area (Å²) in [5, 5.41) is 1.34. The quantitative estimate of drug-likeness (QED) is 0.488. The summed E-state index contributed by atoms with van der Waals surface area (Å²) < 4.78 is 4.61. The number of fused-ring (bicyclic) bond motifs is 3. The number of nitrogens with zero attached hydrogens (tertiary/aromatic N) is 2. The van der Waals surface area contributed by atoms with Crippen molar-refractivity contribution in [1.82, 2.24) is 4.68 Å². The van der Waals surface area contributed by atoms with Gasteiger partial charge in [0.1, 0.15) is 5.52 Å². The third kappa shape index (κ3) is 1.03. The average Bonchev–Trinajstić information content (AvgIpc) is 2.60. The van der Waals surface area contributed by atoms with E-state index in [0.717, 1.165) is 13.1 Å². The van der Waals surface area contributed by atoms with Gasteiger partial charge in [0.25, 0.3) is 0 Å². The van der Waals surface area contributed by atoms with Gasteiger partial charge in [-0.2, -0.15) is 4.68 Å². The number of hydrogen-bond donors (Lipinski definition) is 0. The molecule has 0 bridgehead atoms. The Morgan fingerprint density at radius 2 is 2.23 bits per heavy atom. The van der Waals surface area contributed by atoms with Gasteiger partial charge in [0.15, 0.2) is 6.54 Å². The molecule has 0 saturated carbocycles. The SMILES string of the molecule is BrC1Cn2c3ccccc3c[n+]2C1. The van der Waals surface area contributed by atoms with Gasteiger partial charge in [-0.25, -0.2) is 0 Å². The predicted octanol–water partition coefficient (Wildman–Crippen LogP) is 1.71. The minimum absolute atomic E-state index is 0.595. The number of alkyl halides is 1. The molecule has 1 aliphatic heterocycles. The number of hydrogen-bond acceptors (Lipinski definition) is 0. The summed E-state index contributed by atoms with van der Waals surface area (Å²) in [4.78, 5) is 0.595. The zero-order chi connectivity index (χ0) is 8.84. The van der Waals surface area contributed by atoms with Crippen LogP contribution in [0.25, 0.3) is 10.9 Å².